The van der Waals surface area contributed by atoms with Crippen molar-refractivity contribution in [2.24, 2.45) is 0 Å². The number of aromatic nitrogens is 1. The third-order valence-corrected chi connectivity index (χ3v) is 6.59. The Morgan fingerprint density at radius 1 is 1.09 bits per heavy atom. The molecule has 0 saturated carbocycles. The van der Waals surface area contributed by atoms with Crippen LogP contribution in [0.3, 0.4) is 0 Å². The maximum atomic E-state index is 13.1. The number of nitrogens with one attached hydrogen (secondary N) is 1. The molecule has 3 aromatic rings. The van der Waals surface area contributed by atoms with Crippen LogP contribution in [0.15, 0.2) is 72.8 Å². The number of carbonyl (C=O) groups excluding carboxylic acids is 1. The lowest BCUT2D eigenvalue weighted by Crippen LogP contribution is -2.22. The number of hydrogen-bond donors (Lipinski definition) is 2. The van der Waals surface area contributed by atoms with Gasteiger partial charge in [0, 0.05) is 45.1 Å². The Balaban J connectivity index is 1.73. The third-order valence-electron chi connectivity index (χ3n) is 6.10. The molecular weight excluding hydrogens is 455 g/mol. The normalized spacial score (nSPS) is 16.1. The van der Waals surface area contributed by atoms with Gasteiger partial charge in [-0.3, -0.25) is 4.79 Å². The summed E-state index contributed by atoms with van der Waals surface area (Å²) in [6.45, 7) is 4.63. The summed E-state index contributed by atoms with van der Waals surface area (Å²) in [4.78, 5) is 13.1. The summed E-state index contributed by atoms with van der Waals surface area (Å²) in [5.41, 5.74) is 5.20. The molecule has 33 heavy (non-hydrogen) atoms. The number of hydrogen-bond acceptors (Lipinski definition) is 2. The molecule has 1 heterocycles. The number of aliphatic hydroxyl groups is 1. The molecule has 2 N–H and O–H groups in total. The van der Waals surface area contributed by atoms with Crippen LogP contribution in [0.4, 0.5) is 5.69 Å². The van der Waals surface area contributed by atoms with Crippen LogP contribution in [-0.2, 0) is 11.3 Å². The molecular formula is C27H26Cl2N2O2. The van der Waals surface area contributed by atoms with Gasteiger partial charge in [0.25, 0.3) is 5.91 Å². The number of aliphatic hydroxyl groups excluding tert-OH is 1. The van der Waals surface area contributed by atoms with Crippen molar-refractivity contribution >= 4 is 34.8 Å². The van der Waals surface area contributed by atoms with E-state index in [4.69, 9.17) is 23.2 Å². The zero-order valence-corrected chi connectivity index (χ0v) is 20.1. The molecule has 0 saturated heterocycles. The highest BCUT2D eigenvalue weighted by Gasteiger charge is 2.31. The van der Waals surface area contributed by atoms with Crippen molar-refractivity contribution in [3.8, 4) is 0 Å². The second kappa shape index (κ2) is 10.0. The molecule has 1 aliphatic rings. The first-order valence-electron chi connectivity index (χ1n) is 10.9. The average molecular weight is 481 g/mol. The van der Waals surface area contributed by atoms with Gasteiger partial charge in [0.05, 0.1) is 0 Å². The summed E-state index contributed by atoms with van der Waals surface area (Å²) in [5, 5.41) is 15.2. The largest absolute Gasteiger partial charge is 0.378 e. The van der Waals surface area contributed by atoms with Gasteiger partial charge in [0.2, 0.25) is 0 Å². The summed E-state index contributed by atoms with van der Waals surface area (Å²) >= 11 is 12.1. The monoisotopic (exact) mass is 480 g/mol. The molecule has 4 rings (SSSR count). The Hall–Kier alpha value is -2.79. The molecule has 1 aliphatic carbocycles. The number of allylic oxidation sites excluding steroid dienone is 4. The van der Waals surface area contributed by atoms with E-state index in [9.17, 15) is 9.90 Å². The highest BCUT2D eigenvalue weighted by Crippen LogP contribution is 2.38. The van der Waals surface area contributed by atoms with Crippen LogP contribution < -0.4 is 5.32 Å². The molecule has 1 aromatic heterocycles. The van der Waals surface area contributed by atoms with E-state index in [2.05, 4.69) is 29.0 Å². The smallest absolute Gasteiger partial charge is 0.257 e. The number of halogens is 2. The Labute approximate surface area is 204 Å². The minimum atomic E-state index is -1.32. The highest BCUT2D eigenvalue weighted by atomic mass is 35.5. The van der Waals surface area contributed by atoms with E-state index < -0.39 is 12.0 Å². The van der Waals surface area contributed by atoms with Gasteiger partial charge in [0.1, 0.15) is 0 Å². The summed E-state index contributed by atoms with van der Waals surface area (Å²) in [5.74, 6) is -0.399. The first kappa shape index (κ1) is 23.4. The first-order chi connectivity index (χ1) is 15.8. The molecule has 170 valence electrons. The first-order valence-corrected chi connectivity index (χ1v) is 11.6. The third kappa shape index (κ3) is 5.09. The standard InChI is InChI=1S/C27H26Cl2N2O2/c1-17-24(20-7-4-3-5-8-20)25(18(2)31(17)16-19-11-13-21(28)14-12-19)26(32)27(33)30-23-10-6-9-22(29)15-23/h3-7,9-15,20,26,32H,8,16H2,1-2H3,(H,30,33). The maximum absolute atomic E-state index is 13.1. The van der Waals surface area contributed by atoms with Gasteiger partial charge in [-0.2, -0.15) is 0 Å². The Kier molecular flexibility index (Phi) is 7.08. The predicted molar refractivity (Wildman–Crippen MR) is 135 cm³/mol. The molecule has 0 radical (unpaired) electrons. The molecule has 2 atom stereocenters. The minimum absolute atomic E-state index is 0.0868. The quantitative estimate of drug-likeness (QED) is 0.410. The van der Waals surface area contributed by atoms with Crippen LogP contribution in [-0.4, -0.2) is 15.6 Å². The fraction of sp³-hybridized carbons (Fsp3) is 0.222. The second-order valence-electron chi connectivity index (χ2n) is 8.27. The molecule has 2 unspecified atom stereocenters. The fourth-order valence-electron chi connectivity index (χ4n) is 4.46. The van der Waals surface area contributed by atoms with E-state index in [0.29, 0.717) is 27.8 Å². The topological polar surface area (TPSA) is 54.3 Å². The summed E-state index contributed by atoms with van der Waals surface area (Å²) in [7, 11) is 0. The predicted octanol–water partition coefficient (Wildman–Crippen LogP) is 6.73. The number of rotatable bonds is 6. The Bertz CT molecular complexity index is 1230. The van der Waals surface area contributed by atoms with E-state index in [1.54, 1.807) is 24.3 Å². The van der Waals surface area contributed by atoms with E-state index >= 15 is 0 Å². The van der Waals surface area contributed by atoms with Crippen LogP contribution in [0.2, 0.25) is 10.0 Å². The maximum Gasteiger partial charge on any atom is 0.257 e. The lowest BCUT2D eigenvalue weighted by atomic mass is 9.87. The fourth-order valence-corrected chi connectivity index (χ4v) is 4.77. The van der Waals surface area contributed by atoms with Gasteiger partial charge in [-0.25, -0.2) is 0 Å². The van der Waals surface area contributed by atoms with Gasteiger partial charge < -0.3 is 15.0 Å². The number of anilines is 1. The lowest BCUT2D eigenvalue weighted by Gasteiger charge is -2.19. The number of amides is 1. The van der Waals surface area contributed by atoms with Crippen molar-refractivity contribution in [1.29, 1.82) is 0 Å². The summed E-state index contributed by atoms with van der Waals surface area (Å²) in [6, 6.07) is 14.6. The molecule has 0 bridgehead atoms. The summed E-state index contributed by atoms with van der Waals surface area (Å²) < 4.78 is 2.16. The van der Waals surface area contributed by atoms with E-state index in [0.717, 1.165) is 28.9 Å². The van der Waals surface area contributed by atoms with Crippen molar-refractivity contribution in [2.75, 3.05) is 5.32 Å². The zero-order chi connectivity index (χ0) is 23.5. The van der Waals surface area contributed by atoms with Crippen LogP contribution >= 0.6 is 23.2 Å². The van der Waals surface area contributed by atoms with E-state index in [1.165, 1.54) is 0 Å². The molecule has 2 aromatic carbocycles. The molecule has 0 aliphatic heterocycles. The van der Waals surface area contributed by atoms with E-state index in [-0.39, 0.29) is 5.92 Å². The summed E-state index contributed by atoms with van der Waals surface area (Å²) in [6.07, 6.45) is 7.77. The molecule has 1 amide bonds. The molecule has 4 nitrogen and oxygen atoms in total. The van der Waals surface area contributed by atoms with Gasteiger partial charge in [-0.1, -0.05) is 65.7 Å². The van der Waals surface area contributed by atoms with Crippen molar-refractivity contribution in [2.45, 2.75) is 38.8 Å². The van der Waals surface area contributed by atoms with Gasteiger partial charge in [-0.05, 0) is 61.7 Å². The zero-order valence-electron chi connectivity index (χ0n) is 18.6. The number of nitrogens with zero attached hydrogens (tertiary/aromatic N) is 1. The molecule has 0 spiro atoms. The van der Waals surface area contributed by atoms with Crippen LogP contribution in [0.1, 0.15) is 46.5 Å². The van der Waals surface area contributed by atoms with Crippen LogP contribution in [0.5, 0.6) is 0 Å². The van der Waals surface area contributed by atoms with Gasteiger partial charge in [0.15, 0.2) is 6.10 Å². The molecule has 6 heteroatoms. The van der Waals surface area contributed by atoms with Crippen molar-refractivity contribution in [1.82, 2.24) is 4.57 Å². The Morgan fingerprint density at radius 2 is 1.85 bits per heavy atom. The van der Waals surface area contributed by atoms with Crippen molar-refractivity contribution in [3.05, 3.63) is 111 Å². The SMILES string of the molecule is Cc1c(C2C=CC=CC2)c(C(O)C(=O)Nc2cccc(Cl)c2)c(C)n1Cc1ccc(Cl)cc1. The van der Waals surface area contributed by atoms with Gasteiger partial charge in [-0.15, -0.1) is 0 Å². The van der Waals surface area contributed by atoms with Crippen molar-refractivity contribution < 1.29 is 9.90 Å². The van der Waals surface area contributed by atoms with Crippen LogP contribution in [0, 0.1) is 13.8 Å². The minimum Gasteiger partial charge on any atom is -0.378 e. The molecule has 0 fully saturated rings. The van der Waals surface area contributed by atoms with E-state index in [1.807, 2.05) is 43.3 Å². The lowest BCUT2D eigenvalue weighted by molar-refractivity contribution is -0.124. The van der Waals surface area contributed by atoms with Crippen molar-refractivity contribution in [3.63, 3.8) is 0 Å². The average Bonchev–Trinajstić information content (AvgIpc) is 3.05. The Morgan fingerprint density at radius 3 is 2.52 bits per heavy atom. The number of carbonyl (C=O) groups is 1. The number of benzene rings is 2. The highest BCUT2D eigenvalue weighted by molar-refractivity contribution is 6.31. The van der Waals surface area contributed by atoms with Crippen LogP contribution in [0.25, 0.3) is 0 Å². The second-order valence-corrected chi connectivity index (χ2v) is 9.14. The van der Waals surface area contributed by atoms with Gasteiger partial charge >= 0.3 is 0 Å².